The smallest absolute Gasteiger partial charge is 0.352 e. The van der Waals surface area contributed by atoms with Gasteiger partial charge in [0.05, 0.1) is 11.3 Å². The molecule has 2 heterocycles. The van der Waals surface area contributed by atoms with Gasteiger partial charge in [0.25, 0.3) is 0 Å². The number of amides is 1. The third-order valence-corrected chi connectivity index (χ3v) is 5.15. The molecule has 0 aromatic carbocycles. The molecule has 17 heavy (non-hydrogen) atoms. The molecular weight excluding hydrogens is 258 g/mol. The predicted octanol–water partition coefficient (Wildman–Crippen LogP) is 1.63. The molecule has 1 N–H and O–H groups in total. The summed E-state index contributed by atoms with van der Waals surface area (Å²) in [7, 11) is 0. The number of carboxylic acids is 1. The van der Waals surface area contributed by atoms with Gasteiger partial charge in [0.1, 0.15) is 5.70 Å². The molecule has 2 rings (SSSR count). The van der Waals surface area contributed by atoms with E-state index in [0.717, 1.165) is 17.7 Å². The van der Waals surface area contributed by atoms with Crippen LogP contribution in [-0.2, 0) is 9.59 Å². The Morgan fingerprint density at radius 1 is 1.65 bits per heavy atom. The van der Waals surface area contributed by atoms with Crippen LogP contribution >= 0.6 is 23.5 Å². The molecule has 0 spiro atoms. The van der Waals surface area contributed by atoms with Crippen LogP contribution in [0.4, 0.5) is 0 Å². The number of aliphatic carboxylic acids is 1. The third kappa shape index (κ3) is 1.97. The van der Waals surface area contributed by atoms with Crippen molar-refractivity contribution in [3.63, 3.8) is 0 Å². The number of hydrogen-bond donors (Lipinski definition) is 1. The molecule has 1 fully saturated rings. The van der Waals surface area contributed by atoms with Crippen LogP contribution in [-0.4, -0.2) is 45.0 Å². The van der Waals surface area contributed by atoms with Gasteiger partial charge in [0, 0.05) is 11.5 Å². The summed E-state index contributed by atoms with van der Waals surface area (Å²) in [4.78, 5) is 24.7. The van der Waals surface area contributed by atoms with Crippen molar-refractivity contribution in [2.45, 2.75) is 18.7 Å². The number of nitrogens with zero attached hydrogens (tertiary/aromatic N) is 1. The van der Waals surface area contributed by atoms with Crippen molar-refractivity contribution in [3.8, 4) is 0 Å². The van der Waals surface area contributed by atoms with Gasteiger partial charge in [-0.05, 0) is 18.2 Å². The zero-order valence-electron chi connectivity index (χ0n) is 9.80. The third-order valence-electron chi connectivity index (χ3n) is 3.12. The Hall–Kier alpha value is -0.620. The van der Waals surface area contributed by atoms with Gasteiger partial charge >= 0.3 is 5.97 Å². The van der Waals surface area contributed by atoms with Gasteiger partial charge in [-0.15, -0.1) is 11.8 Å². The fourth-order valence-electron chi connectivity index (χ4n) is 2.29. The number of hydrogen-bond acceptors (Lipinski definition) is 4. The highest BCUT2D eigenvalue weighted by Crippen LogP contribution is 2.45. The molecule has 0 unspecified atom stereocenters. The maximum Gasteiger partial charge on any atom is 0.352 e. The van der Waals surface area contributed by atoms with Crippen molar-refractivity contribution in [1.29, 1.82) is 0 Å². The van der Waals surface area contributed by atoms with Crippen molar-refractivity contribution in [3.05, 3.63) is 11.3 Å². The molecule has 0 aliphatic carbocycles. The van der Waals surface area contributed by atoms with Gasteiger partial charge < -0.3 is 5.11 Å². The summed E-state index contributed by atoms with van der Waals surface area (Å²) in [5.74, 6) is 0.420. The molecule has 6 heteroatoms. The zero-order chi connectivity index (χ0) is 12.6. The van der Waals surface area contributed by atoms with Crippen LogP contribution in [0.1, 0.15) is 13.3 Å². The topological polar surface area (TPSA) is 57.6 Å². The van der Waals surface area contributed by atoms with Crippen LogP contribution in [0, 0.1) is 5.92 Å². The first kappa shape index (κ1) is 12.8. The minimum absolute atomic E-state index is 0.00480. The summed E-state index contributed by atoms with van der Waals surface area (Å²) < 4.78 is 0. The molecule has 0 aromatic heterocycles. The maximum atomic E-state index is 11.9. The molecule has 2 aliphatic heterocycles. The van der Waals surface area contributed by atoms with Crippen LogP contribution in [0.15, 0.2) is 11.3 Å². The highest BCUT2D eigenvalue weighted by molar-refractivity contribution is 8.00. The van der Waals surface area contributed by atoms with Gasteiger partial charge in [-0.2, -0.15) is 11.8 Å². The number of carbonyl (C=O) groups is 2. The number of carbonyl (C=O) groups excluding carboxylic acids is 1. The first-order valence-electron chi connectivity index (χ1n) is 5.50. The van der Waals surface area contributed by atoms with Gasteiger partial charge in [-0.1, -0.05) is 6.92 Å². The molecule has 0 aromatic rings. The quantitative estimate of drug-likeness (QED) is 0.789. The molecule has 94 valence electrons. The fraction of sp³-hybridized carbons (Fsp3) is 0.636. The Bertz CT molecular complexity index is 394. The lowest BCUT2D eigenvalue weighted by Gasteiger charge is -2.49. The summed E-state index contributed by atoms with van der Waals surface area (Å²) >= 11 is 3.28. The fourth-order valence-corrected chi connectivity index (χ4v) is 4.52. The number of fused-ring (bicyclic) bond motifs is 1. The molecule has 0 saturated carbocycles. The predicted molar refractivity (Wildman–Crippen MR) is 69.9 cm³/mol. The number of carboxylic acid groups (broad SMARTS) is 1. The Balaban J connectivity index is 2.31. The normalized spacial score (nSPS) is 27.9. The van der Waals surface area contributed by atoms with Crippen LogP contribution in [0.2, 0.25) is 0 Å². The standard InChI is InChI=1S/C11H15NO3S2/c1-3-7-9(13)12-8(11(14)15)6(4-16-2)5-17-10(7)12/h7,10H,3-5H2,1-2H3,(H,14,15)/t7-,10-/m1/s1. The van der Waals surface area contributed by atoms with Gasteiger partial charge in [-0.25, -0.2) is 4.79 Å². The van der Waals surface area contributed by atoms with E-state index in [1.165, 1.54) is 4.90 Å². The number of rotatable bonds is 4. The second-order valence-corrected chi connectivity index (χ2v) is 6.09. The van der Waals surface area contributed by atoms with E-state index in [-0.39, 0.29) is 22.9 Å². The van der Waals surface area contributed by atoms with Crippen LogP contribution in [0.3, 0.4) is 0 Å². The van der Waals surface area contributed by atoms with Crippen molar-refractivity contribution >= 4 is 35.4 Å². The van der Waals surface area contributed by atoms with Crippen molar-refractivity contribution in [2.75, 3.05) is 17.8 Å². The summed E-state index contributed by atoms with van der Waals surface area (Å²) in [6.45, 7) is 1.97. The monoisotopic (exact) mass is 273 g/mol. The second kappa shape index (κ2) is 4.94. The van der Waals surface area contributed by atoms with Gasteiger partial charge in [0.15, 0.2) is 0 Å². The molecule has 0 radical (unpaired) electrons. The Kier molecular flexibility index (Phi) is 3.73. The van der Waals surface area contributed by atoms with Crippen molar-refractivity contribution in [1.82, 2.24) is 4.90 Å². The highest BCUT2D eigenvalue weighted by atomic mass is 32.2. The SMILES string of the molecule is CC[C@@H]1C(=O)N2C(C(=O)O)=C(CSC)CS[C@H]12. The summed E-state index contributed by atoms with van der Waals surface area (Å²) in [6.07, 6.45) is 2.73. The summed E-state index contributed by atoms with van der Waals surface area (Å²) in [6, 6.07) is 0. The van der Waals surface area contributed by atoms with Gasteiger partial charge in [-0.3, -0.25) is 9.69 Å². The molecule has 2 atom stereocenters. The average Bonchev–Trinajstić information content (AvgIpc) is 2.29. The van der Waals surface area contributed by atoms with E-state index in [1.807, 2.05) is 13.2 Å². The lowest BCUT2D eigenvalue weighted by atomic mass is 9.93. The van der Waals surface area contributed by atoms with Crippen molar-refractivity contribution in [2.24, 2.45) is 5.92 Å². The largest absolute Gasteiger partial charge is 0.477 e. The zero-order valence-corrected chi connectivity index (χ0v) is 11.4. The number of β-lactam (4-membered cyclic amide) rings is 1. The second-order valence-electron chi connectivity index (χ2n) is 4.11. The molecular formula is C11H15NO3S2. The lowest BCUT2D eigenvalue weighted by Crippen LogP contribution is -2.61. The molecule has 2 aliphatic rings. The van der Waals surface area contributed by atoms with Gasteiger partial charge in [0.2, 0.25) is 5.91 Å². The lowest BCUT2D eigenvalue weighted by molar-refractivity contribution is -0.152. The minimum Gasteiger partial charge on any atom is -0.477 e. The minimum atomic E-state index is -0.970. The Labute approximate surface area is 109 Å². The summed E-state index contributed by atoms with van der Waals surface area (Å²) in [5, 5.41) is 9.31. The molecule has 4 nitrogen and oxygen atoms in total. The van der Waals surface area contributed by atoms with E-state index in [4.69, 9.17) is 0 Å². The van der Waals surface area contributed by atoms with E-state index in [0.29, 0.717) is 5.75 Å². The maximum absolute atomic E-state index is 11.9. The number of thioether (sulfide) groups is 2. The van der Waals surface area contributed by atoms with E-state index >= 15 is 0 Å². The Morgan fingerprint density at radius 3 is 2.88 bits per heavy atom. The first-order valence-corrected chi connectivity index (χ1v) is 7.95. The van der Waals surface area contributed by atoms with Crippen molar-refractivity contribution < 1.29 is 14.7 Å². The first-order chi connectivity index (χ1) is 8.11. The van der Waals surface area contributed by atoms with Crippen LogP contribution < -0.4 is 0 Å². The van der Waals surface area contributed by atoms with E-state index in [1.54, 1.807) is 23.5 Å². The average molecular weight is 273 g/mol. The van der Waals surface area contributed by atoms with Crippen LogP contribution in [0.5, 0.6) is 0 Å². The highest BCUT2D eigenvalue weighted by Gasteiger charge is 2.52. The molecule has 1 saturated heterocycles. The Morgan fingerprint density at radius 2 is 2.35 bits per heavy atom. The molecule has 0 bridgehead atoms. The van der Waals surface area contributed by atoms with E-state index in [9.17, 15) is 14.7 Å². The summed E-state index contributed by atoms with van der Waals surface area (Å²) in [5.41, 5.74) is 1.10. The van der Waals surface area contributed by atoms with E-state index < -0.39 is 5.97 Å². The van der Waals surface area contributed by atoms with Crippen LogP contribution in [0.25, 0.3) is 0 Å². The van der Waals surface area contributed by atoms with E-state index in [2.05, 4.69) is 0 Å². The molecule has 1 amide bonds.